The molecule has 0 aliphatic heterocycles. The summed E-state index contributed by atoms with van der Waals surface area (Å²) < 4.78 is 5.01. The van der Waals surface area contributed by atoms with Crippen LogP contribution in [0.5, 0.6) is 5.75 Å². The first-order chi connectivity index (χ1) is 7.26. The Morgan fingerprint density at radius 1 is 1.27 bits per heavy atom. The molecule has 0 spiro atoms. The first kappa shape index (κ1) is 11.3. The fourth-order valence-electron chi connectivity index (χ4n) is 1.02. The summed E-state index contributed by atoms with van der Waals surface area (Å²) in [5.74, 6) is 0.488. The van der Waals surface area contributed by atoms with E-state index in [2.05, 4.69) is 10.3 Å². The van der Waals surface area contributed by atoms with Gasteiger partial charge in [0.1, 0.15) is 5.75 Å². The van der Waals surface area contributed by atoms with E-state index in [-0.39, 0.29) is 5.91 Å². The summed E-state index contributed by atoms with van der Waals surface area (Å²) in [5, 5.41) is 0. The van der Waals surface area contributed by atoms with Crippen LogP contribution >= 0.6 is 0 Å². The molecule has 1 N–H and O–H groups in total. The number of methoxy groups -OCH3 is 1. The van der Waals surface area contributed by atoms with Crippen molar-refractivity contribution in [1.29, 1.82) is 0 Å². The monoisotopic (exact) mass is 207 g/mol. The highest BCUT2D eigenvalue weighted by molar-refractivity contribution is 5.90. The Balaban J connectivity index is 2.60. The van der Waals surface area contributed by atoms with Crippen LogP contribution in [-0.4, -0.2) is 20.1 Å². The second-order valence-electron chi connectivity index (χ2n) is 2.78. The smallest absolute Gasteiger partial charge is 0.267 e. The van der Waals surface area contributed by atoms with Gasteiger partial charge in [0, 0.05) is 6.08 Å². The van der Waals surface area contributed by atoms with E-state index in [1.807, 2.05) is 24.3 Å². The van der Waals surface area contributed by atoms with Crippen molar-refractivity contribution >= 4 is 12.0 Å². The molecule has 15 heavy (non-hydrogen) atoms. The third-order valence-corrected chi connectivity index (χ3v) is 1.75. The summed E-state index contributed by atoms with van der Waals surface area (Å²) >= 11 is 0. The molecule has 0 radical (unpaired) electrons. The topological polar surface area (TPSA) is 47.6 Å². The molecule has 4 heteroatoms. The minimum Gasteiger partial charge on any atom is -0.497 e. The minimum atomic E-state index is -0.298. The number of hydroxylamine groups is 1. The quantitative estimate of drug-likeness (QED) is 0.599. The average Bonchev–Trinajstić information content (AvgIpc) is 2.27. The number of hydrogen-bond acceptors (Lipinski definition) is 3. The van der Waals surface area contributed by atoms with Crippen LogP contribution in [0.15, 0.2) is 30.3 Å². The van der Waals surface area contributed by atoms with Gasteiger partial charge in [0.2, 0.25) is 0 Å². The van der Waals surface area contributed by atoms with Crippen LogP contribution in [0.4, 0.5) is 0 Å². The van der Waals surface area contributed by atoms with E-state index in [1.54, 1.807) is 13.2 Å². The molecular weight excluding hydrogens is 194 g/mol. The average molecular weight is 207 g/mol. The number of rotatable bonds is 4. The van der Waals surface area contributed by atoms with Gasteiger partial charge in [-0.15, -0.1) is 0 Å². The van der Waals surface area contributed by atoms with Crippen LogP contribution in [0.1, 0.15) is 5.56 Å². The van der Waals surface area contributed by atoms with Gasteiger partial charge < -0.3 is 4.74 Å². The van der Waals surface area contributed by atoms with Crippen molar-refractivity contribution < 1.29 is 14.4 Å². The number of ether oxygens (including phenoxy) is 1. The SMILES string of the molecule is CONC(=O)C=Cc1ccc(OC)cc1. The van der Waals surface area contributed by atoms with Crippen LogP contribution in [0, 0.1) is 0 Å². The van der Waals surface area contributed by atoms with E-state index in [0.29, 0.717) is 0 Å². The van der Waals surface area contributed by atoms with Crippen LogP contribution in [-0.2, 0) is 9.63 Å². The zero-order valence-corrected chi connectivity index (χ0v) is 8.69. The predicted molar refractivity (Wildman–Crippen MR) is 57.2 cm³/mol. The molecule has 0 bridgehead atoms. The van der Waals surface area contributed by atoms with Crippen LogP contribution < -0.4 is 10.2 Å². The molecule has 1 amide bonds. The van der Waals surface area contributed by atoms with Crippen molar-refractivity contribution in [3.05, 3.63) is 35.9 Å². The molecule has 0 atom stereocenters. The van der Waals surface area contributed by atoms with Gasteiger partial charge in [-0.3, -0.25) is 9.63 Å². The van der Waals surface area contributed by atoms with E-state index in [0.717, 1.165) is 11.3 Å². The van der Waals surface area contributed by atoms with Crippen molar-refractivity contribution in [2.75, 3.05) is 14.2 Å². The third-order valence-electron chi connectivity index (χ3n) is 1.75. The van der Waals surface area contributed by atoms with E-state index < -0.39 is 0 Å². The molecule has 0 aliphatic rings. The summed E-state index contributed by atoms with van der Waals surface area (Å²) in [6.45, 7) is 0. The largest absolute Gasteiger partial charge is 0.497 e. The molecule has 1 aromatic carbocycles. The predicted octanol–water partition coefficient (Wildman–Crippen LogP) is 1.39. The Hall–Kier alpha value is -1.81. The third kappa shape index (κ3) is 3.83. The summed E-state index contributed by atoms with van der Waals surface area (Å²) in [4.78, 5) is 15.4. The Bertz CT molecular complexity index is 343. The highest BCUT2D eigenvalue weighted by Gasteiger charge is 1.93. The number of carbonyl (C=O) groups excluding carboxylic acids is 1. The molecule has 0 aliphatic carbocycles. The van der Waals surface area contributed by atoms with Crippen molar-refractivity contribution in [1.82, 2.24) is 5.48 Å². The van der Waals surface area contributed by atoms with Crippen molar-refractivity contribution in [2.45, 2.75) is 0 Å². The summed E-state index contributed by atoms with van der Waals surface area (Å²) in [5.41, 5.74) is 3.11. The van der Waals surface area contributed by atoms with E-state index in [4.69, 9.17) is 4.74 Å². The maximum Gasteiger partial charge on any atom is 0.267 e. The number of benzene rings is 1. The first-order valence-corrected chi connectivity index (χ1v) is 4.41. The zero-order chi connectivity index (χ0) is 11.1. The number of hydrogen-bond donors (Lipinski definition) is 1. The molecule has 1 aromatic rings. The molecule has 0 saturated carbocycles. The normalized spacial score (nSPS) is 10.3. The Morgan fingerprint density at radius 3 is 2.47 bits per heavy atom. The molecule has 0 aromatic heterocycles. The molecule has 0 saturated heterocycles. The van der Waals surface area contributed by atoms with Gasteiger partial charge in [0.05, 0.1) is 14.2 Å². The maximum absolute atomic E-state index is 11.0. The molecule has 0 fully saturated rings. The molecule has 0 unspecified atom stereocenters. The number of carbonyl (C=O) groups is 1. The first-order valence-electron chi connectivity index (χ1n) is 4.41. The lowest BCUT2D eigenvalue weighted by atomic mass is 10.2. The van der Waals surface area contributed by atoms with Gasteiger partial charge in [0.25, 0.3) is 5.91 Å². The molecule has 4 nitrogen and oxygen atoms in total. The molecule has 0 heterocycles. The number of nitrogens with one attached hydrogen (secondary N) is 1. The van der Waals surface area contributed by atoms with Gasteiger partial charge >= 0.3 is 0 Å². The van der Waals surface area contributed by atoms with Gasteiger partial charge in [-0.05, 0) is 23.8 Å². The standard InChI is InChI=1S/C11H13NO3/c1-14-10-6-3-9(4-7-10)5-8-11(13)12-15-2/h3-8H,1-2H3,(H,12,13). The summed E-state index contributed by atoms with van der Waals surface area (Å²) in [7, 11) is 3.00. The van der Waals surface area contributed by atoms with Crippen molar-refractivity contribution in [2.24, 2.45) is 0 Å². The fourth-order valence-corrected chi connectivity index (χ4v) is 1.02. The van der Waals surface area contributed by atoms with E-state index in [1.165, 1.54) is 13.2 Å². The van der Waals surface area contributed by atoms with E-state index >= 15 is 0 Å². The van der Waals surface area contributed by atoms with Gasteiger partial charge in [0.15, 0.2) is 0 Å². The Morgan fingerprint density at radius 2 is 1.93 bits per heavy atom. The van der Waals surface area contributed by atoms with Crippen molar-refractivity contribution in [3.63, 3.8) is 0 Å². The Kier molecular flexibility index (Phi) is 4.37. The van der Waals surface area contributed by atoms with Crippen molar-refractivity contribution in [3.8, 4) is 5.75 Å². The fraction of sp³-hybridized carbons (Fsp3) is 0.182. The van der Waals surface area contributed by atoms with E-state index in [9.17, 15) is 4.79 Å². The molecular formula is C11H13NO3. The van der Waals surface area contributed by atoms with Crippen LogP contribution in [0.3, 0.4) is 0 Å². The second kappa shape index (κ2) is 5.82. The lowest BCUT2D eigenvalue weighted by molar-refractivity contribution is -0.126. The lowest BCUT2D eigenvalue weighted by Gasteiger charge is -1.99. The maximum atomic E-state index is 11.0. The molecule has 80 valence electrons. The highest BCUT2D eigenvalue weighted by atomic mass is 16.6. The number of amides is 1. The lowest BCUT2D eigenvalue weighted by Crippen LogP contribution is -2.18. The van der Waals surface area contributed by atoms with Gasteiger partial charge in [-0.1, -0.05) is 12.1 Å². The van der Waals surface area contributed by atoms with Gasteiger partial charge in [-0.2, -0.15) is 0 Å². The van der Waals surface area contributed by atoms with Crippen LogP contribution in [0.25, 0.3) is 6.08 Å². The van der Waals surface area contributed by atoms with Crippen LogP contribution in [0.2, 0.25) is 0 Å². The van der Waals surface area contributed by atoms with Gasteiger partial charge in [-0.25, -0.2) is 5.48 Å². The minimum absolute atomic E-state index is 0.298. The summed E-state index contributed by atoms with van der Waals surface area (Å²) in [6, 6.07) is 7.37. The second-order valence-corrected chi connectivity index (χ2v) is 2.78. The summed E-state index contributed by atoms with van der Waals surface area (Å²) in [6.07, 6.45) is 3.08. The zero-order valence-electron chi connectivity index (χ0n) is 8.69. The Labute approximate surface area is 88.5 Å². The molecule has 1 rings (SSSR count). The highest BCUT2D eigenvalue weighted by Crippen LogP contribution is 2.11.